The monoisotopic (exact) mass is 252 g/mol. The SMILES string of the molecule is CC(Cl)C(=O)Nc1ccc(C(F)(F)F)nc1. The van der Waals surface area contributed by atoms with Crippen molar-refractivity contribution in [2.75, 3.05) is 5.32 Å². The topological polar surface area (TPSA) is 42.0 Å². The summed E-state index contributed by atoms with van der Waals surface area (Å²) in [7, 11) is 0. The van der Waals surface area contributed by atoms with Crippen molar-refractivity contribution in [3.8, 4) is 0 Å². The van der Waals surface area contributed by atoms with E-state index < -0.39 is 23.2 Å². The Bertz CT molecular complexity index is 375. The number of alkyl halides is 4. The molecule has 7 heteroatoms. The molecule has 0 saturated carbocycles. The van der Waals surface area contributed by atoms with Gasteiger partial charge in [-0.25, -0.2) is 4.98 Å². The lowest BCUT2D eigenvalue weighted by Gasteiger charge is -2.08. The quantitative estimate of drug-likeness (QED) is 0.822. The number of hydrogen-bond donors (Lipinski definition) is 1. The molecule has 1 aromatic rings. The number of nitrogens with zero attached hydrogens (tertiary/aromatic N) is 1. The van der Waals surface area contributed by atoms with Gasteiger partial charge in [0, 0.05) is 0 Å². The van der Waals surface area contributed by atoms with Gasteiger partial charge in [-0.1, -0.05) is 0 Å². The van der Waals surface area contributed by atoms with E-state index in [1.54, 1.807) is 0 Å². The minimum atomic E-state index is -4.48. The van der Waals surface area contributed by atoms with Crippen molar-refractivity contribution in [1.82, 2.24) is 4.98 Å². The van der Waals surface area contributed by atoms with Crippen molar-refractivity contribution >= 4 is 23.2 Å². The Balaban J connectivity index is 2.76. The van der Waals surface area contributed by atoms with Gasteiger partial charge in [0.15, 0.2) is 0 Å². The van der Waals surface area contributed by atoms with Crippen LogP contribution >= 0.6 is 11.6 Å². The molecule has 0 aliphatic heterocycles. The lowest BCUT2D eigenvalue weighted by atomic mass is 10.3. The first-order valence-electron chi connectivity index (χ1n) is 4.29. The number of halogens is 4. The molecule has 0 spiro atoms. The Morgan fingerprint density at radius 2 is 2.12 bits per heavy atom. The zero-order valence-electron chi connectivity index (χ0n) is 8.18. The van der Waals surface area contributed by atoms with Crippen LogP contribution in [-0.4, -0.2) is 16.3 Å². The summed E-state index contributed by atoms with van der Waals surface area (Å²) in [6, 6.07) is 1.90. The summed E-state index contributed by atoms with van der Waals surface area (Å²) in [5.74, 6) is -0.497. The lowest BCUT2D eigenvalue weighted by Crippen LogP contribution is -2.20. The third-order valence-electron chi connectivity index (χ3n) is 1.68. The van der Waals surface area contributed by atoms with Gasteiger partial charge >= 0.3 is 6.18 Å². The summed E-state index contributed by atoms with van der Waals surface area (Å²) in [6.45, 7) is 1.45. The average Bonchev–Trinajstić information content (AvgIpc) is 2.17. The normalized spacial score (nSPS) is 13.3. The van der Waals surface area contributed by atoms with Crippen molar-refractivity contribution in [2.45, 2.75) is 18.5 Å². The van der Waals surface area contributed by atoms with Crippen molar-refractivity contribution in [3.63, 3.8) is 0 Å². The zero-order valence-corrected chi connectivity index (χ0v) is 8.93. The Morgan fingerprint density at radius 3 is 2.50 bits per heavy atom. The number of amides is 1. The van der Waals surface area contributed by atoms with Crippen LogP contribution in [0.1, 0.15) is 12.6 Å². The number of carbonyl (C=O) groups is 1. The molecule has 0 fully saturated rings. The minimum absolute atomic E-state index is 0.172. The van der Waals surface area contributed by atoms with Gasteiger partial charge in [-0.3, -0.25) is 4.79 Å². The van der Waals surface area contributed by atoms with Gasteiger partial charge in [-0.05, 0) is 19.1 Å². The molecule has 1 heterocycles. The van der Waals surface area contributed by atoms with Crippen LogP contribution in [-0.2, 0) is 11.0 Å². The second kappa shape index (κ2) is 4.69. The van der Waals surface area contributed by atoms with E-state index in [0.29, 0.717) is 0 Å². The fourth-order valence-electron chi connectivity index (χ4n) is 0.877. The Kier molecular flexibility index (Phi) is 3.74. The zero-order chi connectivity index (χ0) is 12.3. The maximum absolute atomic E-state index is 12.1. The number of anilines is 1. The lowest BCUT2D eigenvalue weighted by molar-refractivity contribution is -0.141. The molecule has 1 N–H and O–H groups in total. The molecule has 0 aliphatic carbocycles. The molecule has 0 radical (unpaired) electrons. The number of pyridine rings is 1. The molecule has 1 aromatic heterocycles. The number of aromatic nitrogens is 1. The summed E-state index contributed by atoms with van der Waals surface area (Å²) in [6.07, 6.45) is -3.55. The molecule has 0 aromatic carbocycles. The highest BCUT2D eigenvalue weighted by molar-refractivity contribution is 6.32. The summed E-state index contributed by atoms with van der Waals surface area (Å²) >= 11 is 5.47. The predicted molar refractivity (Wildman–Crippen MR) is 53.2 cm³/mol. The average molecular weight is 253 g/mol. The number of nitrogens with one attached hydrogen (secondary N) is 1. The first-order chi connectivity index (χ1) is 7.30. The molecule has 1 amide bonds. The highest BCUT2D eigenvalue weighted by atomic mass is 35.5. The van der Waals surface area contributed by atoms with Gasteiger partial charge in [-0.15, -0.1) is 11.6 Å². The van der Waals surface area contributed by atoms with Crippen molar-refractivity contribution in [3.05, 3.63) is 24.0 Å². The third kappa shape index (κ3) is 3.37. The molecule has 1 rings (SSSR count). The Hall–Kier alpha value is -1.30. The van der Waals surface area contributed by atoms with E-state index in [-0.39, 0.29) is 5.69 Å². The van der Waals surface area contributed by atoms with Gasteiger partial charge in [0.05, 0.1) is 11.9 Å². The summed E-state index contributed by atoms with van der Waals surface area (Å²) in [5.41, 5.74) is -0.838. The standard InChI is InChI=1S/C9H8ClF3N2O/c1-5(10)8(16)15-6-2-3-7(14-4-6)9(11,12)13/h2-5H,1H3,(H,15,16). The molecule has 0 saturated heterocycles. The molecule has 0 aliphatic rings. The van der Waals surface area contributed by atoms with Gasteiger partial charge in [0.1, 0.15) is 11.1 Å². The van der Waals surface area contributed by atoms with Crippen molar-refractivity contribution < 1.29 is 18.0 Å². The molecule has 3 nitrogen and oxygen atoms in total. The number of rotatable bonds is 2. The first kappa shape index (κ1) is 12.8. The van der Waals surface area contributed by atoms with Crippen LogP contribution in [0.25, 0.3) is 0 Å². The Labute approximate surface area is 94.6 Å². The summed E-state index contributed by atoms with van der Waals surface area (Å²) in [5, 5.41) is 1.56. The van der Waals surface area contributed by atoms with Crippen molar-refractivity contribution in [1.29, 1.82) is 0 Å². The van der Waals surface area contributed by atoms with Gasteiger partial charge in [-0.2, -0.15) is 13.2 Å². The number of carbonyl (C=O) groups excluding carboxylic acids is 1. The van der Waals surface area contributed by atoms with E-state index in [9.17, 15) is 18.0 Å². The van der Waals surface area contributed by atoms with E-state index in [0.717, 1.165) is 18.3 Å². The van der Waals surface area contributed by atoms with Crippen LogP contribution < -0.4 is 5.32 Å². The summed E-state index contributed by atoms with van der Waals surface area (Å²) < 4.78 is 36.4. The largest absolute Gasteiger partial charge is 0.433 e. The van der Waals surface area contributed by atoms with E-state index in [2.05, 4.69) is 10.3 Å². The van der Waals surface area contributed by atoms with Crippen LogP contribution in [0.3, 0.4) is 0 Å². The minimum Gasteiger partial charge on any atom is -0.323 e. The van der Waals surface area contributed by atoms with E-state index in [1.807, 2.05) is 0 Å². The van der Waals surface area contributed by atoms with Crippen LogP contribution in [0, 0.1) is 0 Å². The Morgan fingerprint density at radius 1 is 1.50 bits per heavy atom. The molecular formula is C9H8ClF3N2O. The van der Waals surface area contributed by atoms with E-state index in [4.69, 9.17) is 11.6 Å². The second-order valence-corrected chi connectivity index (χ2v) is 3.69. The molecule has 16 heavy (non-hydrogen) atoms. The van der Waals surface area contributed by atoms with Crippen molar-refractivity contribution in [2.24, 2.45) is 0 Å². The molecular weight excluding hydrogens is 245 g/mol. The number of hydrogen-bond acceptors (Lipinski definition) is 2. The van der Waals surface area contributed by atoms with Crippen LogP contribution in [0.5, 0.6) is 0 Å². The summed E-state index contributed by atoms with van der Waals surface area (Å²) in [4.78, 5) is 14.3. The van der Waals surface area contributed by atoms with Gasteiger partial charge in [0.25, 0.3) is 0 Å². The van der Waals surface area contributed by atoms with Crippen LogP contribution in [0.4, 0.5) is 18.9 Å². The van der Waals surface area contributed by atoms with E-state index in [1.165, 1.54) is 6.92 Å². The molecule has 1 atom stereocenters. The first-order valence-corrected chi connectivity index (χ1v) is 4.72. The van der Waals surface area contributed by atoms with E-state index >= 15 is 0 Å². The molecule has 0 bridgehead atoms. The van der Waals surface area contributed by atoms with Gasteiger partial charge < -0.3 is 5.32 Å². The van der Waals surface area contributed by atoms with Crippen LogP contribution in [0.2, 0.25) is 0 Å². The smallest absolute Gasteiger partial charge is 0.323 e. The predicted octanol–water partition coefficient (Wildman–Crippen LogP) is 2.67. The molecule has 88 valence electrons. The second-order valence-electron chi connectivity index (χ2n) is 3.04. The molecule has 1 unspecified atom stereocenters. The highest BCUT2D eigenvalue weighted by Gasteiger charge is 2.32. The fraction of sp³-hybridized carbons (Fsp3) is 0.333. The third-order valence-corrected chi connectivity index (χ3v) is 1.88. The fourth-order valence-corrected chi connectivity index (χ4v) is 0.932. The van der Waals surface area contributed by atoms with Gasteiger partial charge in [0.2, 0.25) is 5.91 Å². The maximum atomic E-state index is 12.1. The van der Waals surface area contributed by atoms with Crippen LogP contribution in [0.15, 0.2) is 18.3 Å². The maximum Gasteiger partial charge on any atom is 0.433 e. The highest BCUT2D eigenvalue weighted by Crippen LogP contribution is 2.27.